The molecule has 0 unspecified atom stereocenters. The standard InChI is InChI=1S/C14H9Cl2F3N2/c15-11-5-4-9(13(16)7-11)8-20-21-12-3-1-2-10(6-12)14(17,18)19/h1-8,21H/b20-8-. The number of hydrogen-bond donors (Lipinski definition) is 1. The summed E-state index contributed by atoms with van der Waals surface area (Å²) in [5.41, 5.74) is 2.61. The quantitative estimate of drug-likeness (QED) is 0.585. The van der Waals surface area contributed by atoms with Gasteiger partial charge in [-0.3, -0.25) is 5.43 Å². The van der Waals surface area contributed by atoms with Crippen LogP contribution in [-0.2, 0) is 6.18 Å². The van der Waals surface area contributed by atoms with Crippen LogP contribution in [0.1, 0.15) is 11.1 Å². The molecule has 1 N–H and O–H groups in total. The predicted molar refractivity (Wildman–Crippen MR) is 79.1 cm³/mol. The molecular formula is C14H9Cl2F3N2. The Kier molecular flexibility index (Phi) is 4.75. The Hall–Kier alpha value is -1.72. The minimum atomic E-state index is -4.39. The van der Waals surface area contributed by atoms with Crippen LogP contribution in [0, 0.1) is 0 Å². The molecule has 0 bridgehead atoms. The molecule has 0 aromatic heterocycles. The lowest BCUT2D eigenvalue weighted by Gasteiger charge is -2.08. The van der Waals surface area contributed by atoms with E-state index in [4.69, 9.17) is 23.2 Å². The second-order valence-corrected chi connectivity index (χ2v) is 4.96. The maximum absolute atomic E-state index is 12.5. The van der Waals surface area contributed by atoms with Crippen LogP contribution in [0.15, 0.2) is 47.6 Å². The van der Waals surface area contributed by atoms with Gasteiger partial charge in [-0.05, 0) is 30.3 Å². The number of nitrogens with one attached hydrogen (secondary N) is 1. The van der Waals surface area contributed by atoms with Gasteiger partial charge in [0, 0.05) is 10.6 Å². The summed E-state index contributed by atoms with van der Waals surface area (Å²) in [6.07, 6.45) is -2.99. The molecule has 110 valence electrons. The summed E-state index contributed by atoms with van der Waals surface area (Å²) in [6, 6.07) is 9.59. The lowest BCUT2D eigenvalue weighted by Crippen LogP contribution is -2.05. The van der Waals surface area contributed by atoms with Crippen molar-refractivity contribution in [3.05, 3.63) is 63.6 Å². The Balaban J connectivity index is 2.11. The van der Waals surface area contributed by atoms with Gasteiger partial charge < -0.3 is 0 Å². The second-order valence-electron chi connectivity index (χ2n) is 4.11. The van der Waals surface area contributed by atoms with Crippen LogP contribution in [-0.4, -0.2) is 6.21 Å². The fourth-order valence-corrected chi connectivity index (χ4v) is 2.00. The summed E-state index contributed by atoms with van der Waals surface area (Å²) in [5.74, 6) is 0. The average Bonchev–Trinajstić information content (AvgIpc) is 2.41. The number of benzene rings is 2. The van der Waals surface area contributed by atoms with Gasteiger partial charge >= 0.3 is 6.18 Å². The highest BCUT2D eigenvalue weighted by Crippen LogP contribution is 2.30. The number of hydrazone groups is 1. The highest BCUT2D eigenvalue weighted by molar-refractivity contribution is 6.36. The molecule has 0 saturated heterocycles. The third kappa shape index (κ3) is 4.37. The fraction of sp³-hybridized carbons (Fsp3) is 0.0714. The van der Waals surface area contributed by atoms with Crippen molar-refractivity contribution in [2.75, 3.05) is 5.43 Å². The second kappa shape index (κ2) is 6.37. The number of anilines is 1. The van der Waals surface area contributed by atoms with Gasteiger partial charge in [0.1, 0.15) is 0 Å². The van der Waals surface area contributed by atoms with Crippen molar-refractivity contribution in [1.29, 1.82) is 0 Å². The molecular weight excluding hydrogens is 324 g/mol. The smallest absolute Gasteiger partial charge is 0.278 e. The van der Waals surface area contributed by atoms with E-state index >= 15 is 0 Å². The maximum atomic E-state index is 12.5. The van der Waals surface area contributed by atoms with Crippen LogP contribution in [0.4, 0.5) is 18.9 Å². The van der Waals surface area contributed by atoms with Gasteiger partial charge in [0.2, 0.25) is 0 Å². The number of nitrogens with zero attached hydrogens (tertiary/aromatic N) is 1. The average molecular weight is 333 g/mol. The summed E-state index contributed by atoms with van der Waals surface area (Å²) >= 11 is 11.7. The maximum Gasteiger partial charge on any atom is 0.416 e. The van der Waals surface area contributed by atoms with Gasteiger partial charge in [-0.15, -0.1) is 0 Å². The summed E-state index contributed by atoms with van der Waals surface area (Å²) in [4.78, 5) is 0. The van der Waals surface area contributed by atoms with Crippen molar-refractivity contribution in [3.8, 4) is 0 Å². The van der Waals surface area contributed by atoms with Crippen LogP contribution >= 0.6 is 23.2 Å². The Morgan fingerprint density at radius 1 is 1.05 bits per heavy atom. The number of halogens is 5. The monoisotopic (exact) mass is 332 g/mol. The number of alkyl halides is 3. The summed E-state index contributed by atoms with van der Waals surface area (Å²) in [7, 11) is 0. The van der Waals surface area contributed by atoms with Crippen LogP contribution < -0.4 is 5.43 Å². The first-order valence-corrected chi connectivity index (χ1v) is 6.53. The molecule has 2 aromatic carbocycles. The van der Waals surface area contributed by atoms with E-state index in [0.29, 0.717) is 15.6 Å². The lowest BCUT2D eigenvalue weighted by molar-refractivity contribution is -0.137. The predicted octanol–water partition coefficient (Wildman–Crippen LogP) is 5.46. The molecule has 0 heterocycles. The fourth-order valence-electron chi connectivity index (χ4n) is 1.55. The molecule has 0 saturated carbocycles. The SMILES string of the molecule is FC(F)(F)c1cccc(N/N=C\c2ccc(Cl)cc2Cl)c1. The van der Waals surface area contributed by atoms with Crippen molar-refractivity contribution in [2.45, 2.75) is 6.18 Å². The number of rotatable bonds is 3. The molecule has 0 radical (unpaired) electrons. The molecule has 0 aliphatic rings. The first-order chi connectivity index (χ1) is 9.86. The Morgan fingerprint density at radius 3 is 2.48 bits per heavy atom. The van der Waals surface area contributed by atoms with Crippen LogP contribution in [0.25, 0.3) is 0 Å². The molecule has 0 fully saturated rings. The van der Waals surface area contributed by atoms with Gasteiger partial charge in [0.05, 0.1) is 22.5 Å². The molecule has 2 rings (SSSR count). The number of hydrogen-bond acceptors (Lipinski definition) is 2. The summed E-state index contributed by atoms with van der Waals surface area (Å²) < 4.78 is 37.6. The van der Waals surface area contributed by atoms with Crippen LogP contribution in [0.2, 0.25) is 10.0 Å². The van der Waals surface area contributed by atoms with E-state index in [1.807, 2.05) is 0 Å². The van der Waals surface area contributed by atoms with Crippen molar-refractivity contribution in [3.63, 3.8) is 0 Å². The summed E-state index contributed by atoms with van der Waals surface area (Å²) in [5, 5.41) is 4.74. The van der Waals surface area contributed by atoms with E-state index in [9.17, 15) is 13.2 Å². The Labute approximate surface area is 129 Å². The van der Waals surface area contributed by atoms with E-state index < -0.39 is 11.7 Å². The van der Waals surface area contributed by atoms with Crippen molar-refractivity contribution < 1.29 is 13.2 Å². The Morgan fingerprint density at radius 2 is 1.81 bits per heavy atom. The molecule has 0 amide bonds. The van der Waals surface area contributed by atoms with E-state index in [1.165, 1.54) is 18.3 Å². The first kappa shape index (κ1) is 15.7. The molecule has 0 atom stereocenters. The lowest BCUT2D eigenvalue weighted by atomic mass is 10.2. The first-order valence-electron chi connectivity index (χ1n) is 5.77. The van der Waals surface area contributed by atoms with E-state index in [0.717, 1.165) is 12.1 Å². The van der Waals surface area contributed by atoms with Gasteiger partial charge in [-0.2, -0.15) is 18.3 Å². The molecule has 7 heteroatoms. The molecule has 2 nitrogen and oxygen atoms in total. The zero-order chi connectivity index (χ0) is 15.5. The molecule has 21 heavy (non-hydrogen) atoms. The van der Waals surface area contributed by atoms with Gasteiger partial charge in [-0.25, -0.2) is 0 Å². The zero-order valence-corrected chi connectivity index (χ0v) is 12.0. The van der Waals surface area contributed by atoms with Crippen LogP contribution in [0.5, 0.6) is 0 Å². The molecule has 0 aliphatic heterocycles. The topological polar surface area (TPSA) is 24.4 Å². The highest BCUT2D eigenvalue weighted by Gasteiger charge is 2.30. The molecule has 2 aromatic rings. The molecule has 0 aliphatic carbocycles. The molecule has 0 spiro atoms. The highest BCUT2D eigenvalue weighted by atomic mass is 35.5. The van der Waals surface area contributed by atoms with E-state index in [1.54, 1.807) is 18.2 Å². The van der Waals surface area contributed by atoms with Gasteiger partial charge in [-0.1, -0.05) is 35.3 Å². The zero-order valence-electron chi connectivity index (χ0n) is 10.5. The third-order valence-corrected chi connectivity index (χ3v) is 3.11. The van der Waals surface area contributed by atoms with E-state index in [-0.39, 0.29) is 5.69 Å². The summed E-state index contributed by atoms with van der Waals surface area (Å²) in [6.45, 7) is 0. The van der Waals surface area contributed by atoms with Gasteiger partial charge in [0.25, 0.3) is 0 Å². The van der Waals surface area contributed by atoms with E-state index in [2.05, 4.69) is 10.5 Å². The van der Waals surface area contributed by atoms with Gasteiger partial charge in [0.15, 0.2) is 0 Å². The van der Waals surface area contributed by atoms with Crippen molar-refractivity contribution in [1.82, 2.24) is 0 Å². The minimum absolute atomic E-state index is 0.228. The van der Waals surface area contributed by atoms with Crippen molar-refractivity contribution >= 4 is 35.1 Å². The third-order valence-electron chi connectivity index (χ3n) is 2.55. The Bertz CT molecular complexity index is 670. The minimum Gasteiger partial charge on any atom is -0.278 e. The normalized spacial score (nSPS) is 11.9. The van der Waals surface area contributed by atoms with Crippen LogP contribution in [0.3, 0.4) is 0 Å². The van der Waals surface area contributed by atoms with Crippen molar-refractivity contribution in [2.24, 2.45) is 5.10 Å². The largest absolute Gasteiger partial charge is 0.416 e.